The van der Waals surface area contributed by atoms with Gasteiger partial charge in [0.05, 0.1) is 5.92 Å². The maximum absolute atomic E-state index is 11.0. The Bertz CT molecular complexity index is 407. The van der Waals surface area contributed by atoms with Crippen molar-refractivity contribution in [1.29, 1.82) is 0 Å². The van der Waals surface area contributed by atoms with Gasteiger partial charge in [-0.25, -0.2) is 0 Å². The maximum Gasteiger partial charge on any atom is 0.306 e. The van der Waals surface area contributed by atoms with Crippen molar-refractivity contribution in [1.82, 2.24) is 0 Å². The van der Waals surface area contributed by atoms with Gasteiger partial charge in [-0.05, 0) is 24.5 Å². The van der Waals surface area contributed by atoms with E-state index < -0.39 is 11.9 Å². The van der Waals surface area contributed by atoms with Crippen LogP contribution in [-0.2, 0) is 11.2 Å². The predicted octanol–water partition coefficient (Wildman–Crippen LogP) is 3.00. The first-order valence-corrected chi connectivity index (χ1v) is 5.42. The van der Waals surface area contributed by atoms with Crippen molar-refractivity contribution in [3.63, 3.8) is 0 Å². The maximum atomic E-state index is 11.0. The van der Waals surface area contributed by atoms with Crippen LogP contribution in [0, 0.1) is 18.3 Å². The van der Waals surface area contributed by atoms with Crippen LogP contribution in [0.2, 0.25) is 5.02 Å². The minimum atomic E-state index is -0.824. The zero-order chi connectivity index (χ0) is 12.0. The van der Waals surface area contributed by atoms with Crippen molar-refractivity contribution in [3.8, 4) is 12.3 Å². The summed E-state index contributed by atoms with van der Waals surface area (Å²) in [6.45, 7) is 0. The van der Waals surface area contributed by atoms with Crippen LogP contribution in [0.5, 0.6) is 0 Å². The Morgan fingerprint density at radius 2 is 2.19 bits per heavy atom. The molecule has 0 spiro atoms. The summed E-state index contributed by atoms with van der Waals surface area (Å²) in [5.41, 5.74) is 0.855. The van der Waals surface area contributed by atoms with Gasteiger partial charge in [0, 0.05) is 11.4 Å². The lowest BCUT2D eigenvalue weighted by Gasteiger charge is -2.11. The van der Waals surface area contributed by atoms with E-state index in [9.17, 15) is 4.79 Å². The molecule has 3 heteroatoms. The monoisotopic (exact) mass is 236 g/mol. The highest BCUT2D eigenvalue weighted by Gasteiger charge is 2.18. The van der Waals surface area contributed by atoms with Crippen LogP contribution in [0.1, 0.15) is 18.4 Å². The minimum absolute atomic E-state index is 0.427. The molecule has 0 fully saturated rings. The van der Waals surface area contributed by atoms with E-state index in [0.29, 0.717) is 24.3 Å². The molecule has 84 valence electrons. The molecule has 1 N–H and O–H groups in total. The fourth-order valence-corrected chi connectivity index (χ4v) is 1.71. The number of rotatable bonds is 5. The Kier molecular flexibility index (Phi) is 4.88. The topological polar surface area (TPSA) is 37.3 Å². The molecule has 16 heavy (non-hydrogen) atoms. The first-order valence-electron chi connectivity index (χ1n) is 5.05. The molecule has 0 aromatic heterocycles. The number of benzene rings is 1. The van der Waals surface area contributed by atoms with E-state index in [1.807, 2.05) is 18.2 Å². The van der Waals surface area contributed by atoms with Crippen LogP contribution < -0.4 is 0 Å². The highest BCUT2D eigenvalue weighted by molar-refractivity contribution is 6.31. The summed E-state index contributed by atoms with van der Waals surface area (Å²) in [5, 5.41) is 9.65. The van der Waals surface area contributed by atoms with Gasteiger partial charge in [0.25, 0.3) is 0 Å². The number of carboxylic acids is 1. The lowest BCUT2D eigenvalue weighted by Crippen LogP contribution is -2.16. The fraction of sp³-hybridized carbons (Fsp3) is 0.308. The Morgan fingerprint density at radius 1 is 1.50 bits per heavy atom. The van der Waals surface area contributed by atoms with E-state index in [1.54, 1.807) is 6.07 Å². The second-order valence-corrected chi connectivity index (χ2v) is 3.98. The largest absolute Gasteiger partial charge is 0.481 e. The summed E-state index contributed by atoms with van der Waals surface area (Å²) in [4.78, 5) is 11.0. The van der Waals surface area contributed by atoms with Crippen molar-refractivity contribution in [2.24, 2.45) is 5.92 Å². The predicted molar refractivity (Wildman–Crippen MR) is 64.3 cm³/mol. The second-order valence-electron chi connectivity index (χ2n) is 3.57. The quantitative estimate of drug-likeness (QED) is 0.798. The molecule has 0 aliphatic rings. The van der Waals surface area contributed by atoms with Gasteiger partial charge in [0.15, 0.2) is 0 Å². The third-order valence-corrected chi connectivity index (χ3v) is 2.78. The van der Waals surface area contributed by atoms with Gasteiger partial charge in [0.1, 0.15) is 0 Å². The van der Waals surface area contributed by atoms with Gasteiger partial charge in [-0.15, -0.1) is 12.3 Å². The normalized spacial score (nSPS) is 11.8. The van der Waals surface area contributed by atoms with Crippen molar-refractivity contribution in [3.05, 3.63) is 34.9 Å². The SMILES string of the molecule is C#CCCC(Cc1ccccc1Cl)C(=O)O. The molecule has 0 bridgehead atoms. The number of carboxylic acid groups (broad SMARTS) is 1. The van der Waals surface area contributed by atoms with Crippen molar-refractivity contribution in [2.75, 3.05) is 0 Å². The van der Waals surface area contributed by atoms with Crippen molar-refractivity contribution in [2.45, 2.75) is 19.3 Å². The molecular weight excluding hydrogens is 224 g/mol. The Morgan fingerprint density at radius 3 is 2.75 bits per heavy atom. The summed E-state index contributed by atoms with van der Waals surface area (Å²) in [6, 6.07) is 7.27. The van der Waals surface area contributed by atoms with Gasteiger partial charge in [-0.2, -0.15) is 0 Å². The first kappa shape index (κ1) is 12.6. The minimum Gasteiger partial charge on any atom is -0.481 e. The summed E-state index contributed by atoms with van der Waals surface area (Å²) >= 11 is 5.97. The lowest BCUT2D eigenvalue weighted by molar-refractivity contribution is -0.141. The highest BCUT2D eigenvalue weighted by atomic mass is 35.5. The summed E-state index contributed by atoms with van der Waals surface area (Å²) < 4.78 is 0. The number of terminal acetylenes is 1. The van der Waals surface area contributed by atoms with Gasteiger partial charge in [-0.1, -0.05) is 29.8 Å². The first-order chi connectivity index (χ1) is 7.65. The molecule has 1 aromatic rings. The zero-order valence-electron chi connectivity index (χ0n) is 8.82. The van der Waals surface area contributed by atoms with Crippen molar-refractivity contribution >= 4 is 17.6 Å². The van der Waals surface area contributed by atoms with E-state index in [-0.39, 0.29) is 0 Å². The molecule has 0 saturated carbocycles. The molecule has 1 unspecified atom stereocenters. The number of aliphatic carboxylic acids is 1. The molecular formula is C13H13ClO2. The van der Waals surface area contributed by atoms with E-state index in [1.165, 1.54) is 0 Å². The lowest BCUT2D eigenvalue weighted by atomic mass is 9.95. The summed E-state index contributed by atoms with van der Waals surface area (Å²) in [7, 11) is 0. The molecule has 0 saturated heterocycles. The average Bonchev–Trinajstić information content (AvgIpc) is 2.26. The smallest absolute Gasteiger partial charge is 0.306 e. The highest BCUT2D eigenvalue weighted by Crippen LogP contribution is 2.21. The standard InChI is InChI=1S/C13H13ClO2/c1-2-3-6-11(13(15)16)9-10-7-4-5-8-12(10)14/h1,4-5,7-8,11H,3,6,9H2,(H,15,16). The molecule has 1 rings (SSSR count). The van der Waals surface area contributed by atoms with Crippen LogP contribution in [0.25, 0.3) is 0 Å². The van der Waals surface area contributed by atoms with Crippen LogP contribution >= 0.6 is 11.6 Å². The van der Waals surface area contributed by atoms with Crippen molar-refractivity contribution < 1.29 is 9.90 Å². The third kappa shape index (κ3) is 3.60. The van der Waals surface area contributed by atoms with Crippen LogP contribution in [0.3, 0.4) is 0 Å². The van der Waals surface area contributed by atoms with Gasteiger partial charge < -0.3 is 5.11 Å². The molecule has 0 radical (unpaired) electrons. The Hall–Kier alpha value is -1.46. The van der Waals surface area contributed by atoms with Gasteiger partial charge >= 0.3 is 5.97 Å². The molecule has 1 aromatic carbocycles. The van der Waals surface area contributed by atoms with Crippen LogP contribution in [0.4, 0.5) is 0 Å². The molecule has 2 nitrogen and oxygen atoms in total. The zero-order valence-corrected chi connectivity index (χ0v) is 9.57. The third-order valence-electron chi connectivity index (χ3n) is 2.41. The van der Waals surface area contributed by atoms with Gasteiger partial charge in [-0.3, -0.25) is 4.79 Å². The molecule has 0 heterocycles. The number of halogens is 1. The number of hydrogen-bond donors (Lipinski definition) is 1. The summed E-state index contributed by atoms with van der Waals surface area (Å²) in [5.74, 6) is 1.17. The van der Waals surface area contributed by atoms with Crippen LogP contribution in [-0.4, -0.2) is 11.1 Å². The number of carbonyl (C=O) groups is 1. The van der Waals surface area contributed by atoms with E-state index in [2.05, 4.69) is 5.92 Å². The fourth-order valence-electron chi connectivity index (χ4n) is 1.50. The average molecular weight is 237 g/mol. The second kappa shape index (κ2) is 6.19. The molecule has 0 amide bonds. The Balaban J connectivity index is 2.72. The Labute approximate surface area is 100 Å². The van der Waals surface area contributed by atoms with E-state index in [4.69, 9.17) is 23.1 Å². The number of hydrogen-bond acceptors (Lipinski definition) is 1. The molecule has 1 atom stereocenters. The van der Waals surface area contributed by atoms with Gasteiger partial charge in [0.2, 0.25) is 0 Å². The van der Waals surface area contributed by atoms with E-state index >= 15 is 0 Å². The van der Waals surface area contributed by atoms with Crippen LogP contribution in [0.15, 0.2) is 24.3 Å². The van der Waals surface area contributed by atoms with E-state index in [0.717, 1.165) is 5.56 Å². The molecule has 0 aliphatic heterocycles. The molecule has 0 aliphatic carbocycles. The summed E-state index contributed by atoms with van der Waals surface area (Å²) in [6.07, 6.45) is 6.52.